The molecule has 1 heterocycles. The molecule has 0 unspecified atom stereocenters. The molecular weight excluding hydrogens is 352 g/mol. The molecule has 2 N–H and O–H groups in total. The van der Waals surface area contributed by atoms with Crippen molar-refractivity contribution in [3.8, 4) is 5.75 Å². The first-order chi connectivity index (χ1) is 11.2. The van der Waals surface area contributed by atoms with Crippen LogP contribution < -0.4 is 15.4 Å². The van der Waals surface area contributed by atoms with Crippen molar-refractivity contribution in [3.63, 3.8) is 0 Å². The Hall–Kier alpha value is -1.36. The van der Waals surface area contributed by atoms with Gasteiger partial charge in [0, 0.05) is 36.2 Å². The highest BCUT2D eigenvalue weighted by Gasteiger charge is 2.15. The highest BCUT2D eigenvalue weighted by atomic mass is 79.9. The van der Waals surface area contributed by atoms with E-state index in [9.17, 15) is 0 Å². The Morgan fingerprint density at radius 2 is 2.09 bits per heavy atom. The summed E-state index contributed by atoms with van der Waals surface area (Å²) in [7, 11) is 0. The smallest absolute Gasteiger partial charge is 0.120 e. The van der Waals surface area contributed by atoms with Gasteiger partial charge >= 0.3 is 0 Å². The zero-order valence-electron chi connectivity index (χ0n) is 13.4. The first-order valence-corrected chi connectivity index (χ1v) is 8.88. The second-order valence-corrected chi connectivity index (χ2v) is 7.04. The monoisotopic (exact) mass is 374 g/mol. The molecule has 1 aliphatic heterocycles. The van der Waals surface area contributed by atoms with E-state index in [-0.39, 0.29) is 0 Å². The molecule has 1 fully saturated rings. The summed E-state index contributed by atoms with van der Waals surface area (Å²) >= 11 is 3.60. The van der Waals surface area contributed by atoms with Gasteiger partial charge in [-0.15, -0.1) is 0 Å². The Kier molecular flexibility index (Phi) is 5.70. The van der Waals surface area contributed by atoms with Gasteiger partial charge in [0.05, 0.1) is 0 Å². The third-order valence-corrected chi connectivity index (χ3v) is 4.87. The lowest BCUT2D eigenvalue weighted by Crippen LogP contribution is -2.47. The van der Waals surface area contributed by atoms with Crippen LogP contribution in [0, 0.1) is 12.8 Å². The molecule has 4 heteroatoms. The fraction of sp³-hybridized carbons (Fsp3) is 0.368. The number of hydrogen-bond donors (Lipinski definition) is 2. The highest BCUT2D eigenvalue weighted by molar-refractivity contribution is 9.10. The lowest BCUT2D eigenvalue weighted by molar-refractivity contribution is 0.304. The average Bonchev–Trinajstić information content (AvgIpc) is 2.49. The summed E-state index contributed by atoms with van der Waals surface area (Å²) in [5, 5.41) is 6.81. The minimum Gasteiger partial charge on any atom is -0.489 e. The summed E-state index contributed by atoms with van der Waals surface area (Å²) in [4.78, 5) is 0. The van der Waals surface area contributed by atoms with E-state index >= 15 is 0 Å². The van der Waals surface area contributed by atoms with Gasteiger partial charge in [0.15, 0.2) is 0 Å². The van der Waals surface area contributed by atoms with E-state index in [1.807, 2.05) is 6.07 Å². The highest BCUT2D eigenvalue weighted by Crippen LogP contribution is 2.21. The van der Waals surface area contributed by atoms with Crippen molar-refractivity contribution < 1.29 is 4.74 Å². The fourth-order valence-corrected chi connectivity index (χ4v) is 3.20. The number of hydrogen-bond acceptors (Lipinski definition) is 3. The van der Waals surface area contributed by atoms with Gasteiger partial charge in [0.1, 0.15) is 12.4 Å². The van der Waals surface area contributed by atoms with Crippen molar-refractivity contribution in [2.75, 3.05) is 19.6 Å². The molecule has 0 bridgehead atoms. The molecular formula is C19H23BrN2O. The Morgan fingerprint density at radius 1 is 1.22 bits per heavy atom. The number of rotatable bonds is 7. The topological polar surface area (TPSA) is 33.3 Å². The summed E-state index contributed by atoms with van der Waals surface area (Å²) in [6.45, 7) is 6.91. The summed E-state index contributed by atoms with van der Waals surface area (Å²) in [6.07, 6.45) is 0. The van der Waals surface area contributed by atoms with Gasteiger partial charge in [-0.05, 0) is 42.2 Å². The van der Waals surface area contributed by atoms with Crippen molar-refractivity contribution in [2.24, 2.45) is 5.92 Å². The Morgan fingerprint density at radius 3 is 2.83 bits per heavy atom. The molecule has 0 atom stereocenters. The molecule has 0 saturated carbocycles. The molecule has 0 aliphatic carbocycles. The summed E-state index contributed by atoms with van der Waals surface area (Å²) < 4.78 is 7.05. The largest absolute Gasteiger partial charge is 0.489 e. The summed E-state index contributed by atoms with van der Waals surface area (Å²) in [5.74, 6) is 1.70. The van der Waals surface area contributed by atoms with Crippen LogP contribution in [0.3, 0.4) is 0 Å². The third-order valence-electron chi connectivity index (χ3n) is 4.13. The molecule has 1 aliphatic rings. The lowest BCUT2D eigenvalue weighted by Gasteiger charge is -2.27. The average molecular weight is 375 g/mol. The maximum absolute atomic E-state index is 5.95. The van der Waals surface area contributed by atoms with Crippen LogP contribution in [-0.4, -0.2) is 19.6 Å². The van der Waals surface area contributed by atoms with Gasteiger partial charge in [0.2, 0.25) is 0 Å². The van der Waals surface area contributed by atoms with Gasteiger partial charge in [0.25, 0.3) is 0 Å². The zero-order valence-corrected chi connectivity index (χ0v) is 15.0. The first-order valence-electron chi connectivity index (χ1n) is 8.09. The zero-order chi connectivity index (χ0) is 16.1. The SMILES string of the molecule is Cc1ccc(COc2cccc(CNCC3CNC3)c2)c(Br)c1. The quantitative estimate of drug-likeness (QED) is 0.775. The van der Waals surface area contributed by atoms with Gasteiger partial charge in [-0.1, -0.05) is 40.2 Å². The Balaban J connectivity index is 1.52. The van der Waals surface area contributed by atoms with E-state index in [0.717, 1.165) is 47.9 Å². The third kappa shape index (κ3) is 4.80. The van der Waals surface area contributed by atoms with Crippen LogP contribution in [0.25, 0.3) is 0 Å². The van der Waals surface area contributed by atoms with Crippen molar-refractivity contribution in [2.45, 2.75) is 20.1 Å². The fourth-order valence-electron chi connectivity index (χ4n) is 2.59. The van der Waals surface area contributed by atoms with Crippen molar-refractivity contribution >= 4 is 15.9 Å². The van der Waals surface area contributed by atoms with E-state index in [4.69, 9.17) is 4.74 Å². The standard InChI is InChI=1S/C19H23BrN2O/c1-14-5-6-17(19(20)7-14)13-23-18-4-2-3-15(8-18)9-21-10-16-11-22-12-16/h2-8,16,21-22H,9-13H2,1H3. The minimum absolute atomic E-state index is 0.575. The van der Waals surface area contributed by atoms with Crippen LogP contribution in [0.15, 0.2) is 46.9 Å². The Labute approximate surface area is 146 Å². The molecule has 23 heavy (non-hydrogen) atoms. The molecule has 0 aromatic heterocycles. The number of nitrogens with one attached hydrogen (secondary N) is 2. The van der Waals surface area contributed by atoms with E-state index in [2.05, 4.69) is 69.9 Å². The number of halogens is 1. The van der Waals surface area contributed by atoms with Crippen molar-refractivity contribution in [1.82, 2.24) is 10.6 Å². The molecule has 2 aromatic rings. The number of ether oxygens (including phenoxy) is 1. The molecule has 1 saturated heterocycles. The van der Waals surface area contributed by atoms with E-state index in [1.165, 1.54) is 11.1 Å². The van der Waals surface area contributed by atoms with E-state index in [0.29, 0.717) is 6.61 Å². The predicted molar refractivity (Wildman–Crippen MR) is 97.7 cm³/mol. The van der Waals surface area contributed by atoms with Gasteiger partial charge in [-0.2, -0.15) is 0 Å². The predicted octanol–water partition coefficient (Wildman–Crippen LogP) is 3.65. The summed E-state index contributed by atoms with van der Waals surface area (Å²) in [5.41, 5.74) is 3.67. The molecule has 0 amide bonds. The van der Waals surface area contributed by atoms with E-state index < -0.39 is 0 Å². The molecule has 0 spiro atoms. The molecule has 0 radical (unpaired) electrons. The maximum Gasteiger partial charge on any atom is 0.120 e. The van der Waals surface area contributed by atoms with Crippen LogP contribution in [-0.2, 0) is 13.2 Å². The second-order valence-electron chi connectivity index (χ2n) is 6.19. The number of aryl methyl sites for hydroxylation is 1. The van der Waals surface area contributed by atoms with Crippen LogP contribution in [0.4, 0.5) is 0 Å². The van der Waals surface area contributed by atoms with Gasteiger partial charge < -0.3 is 15.4 Å². The molecule has 3 nitrogen and oxygen atoms in total. The van der Waals surface area contributed by atoms with Gasteiger partial charge in [-0.25, -0.2) is 0 Å². The van der Waals surface area contributed by atoms with Crippen LogP contribution in [0.1, 0.15) is 16.7 Å². The van der Waals surface area contributed by atoms with Crippen molar-refractivity contribution in [3.05, 3.63) is 63.6 Å². The minimum atomic E-state index is 0.575. The van der Waals surface area contributed by atoms with Crippen LogP contribution >= 0.6 is 15.9 Å². The Bertz CT molecular complexity index is 656. The first kappa shape index (κ1) is 16.5. The van der Waals surface area contributed by atoms with E-state index in [1.54, 1.807) is 0 Å². The molecule has 122 valence electrons. The molecule has 2 aromatic carbocycles. The van der Waals surface area contributed by atoms with Crippen LogP contribution in [0.5, 0.6) is 5.75 Å². The molecule has 3 rings (SSSR count). The summed E-state index contributed by atoms with van der Waals surface area (Å²) in [6, 6.07) is 14.7. The maximum atomic E-state index is 5.95. The number of benzene rings is 2. The van der Waals surface area contributed by atoms with Gasteiger partial charge in [-0.3, -0.25) is 0 Å². The normalized spacial score (nSPS) is 14.5. The lowest BCUT2D eigenvalue weighted by atomic mass is 10.0. The second kappa shape index (κ2) is 7.95. The van der Waals surface area contributed by atoms with Crippen molar-refractivity contribution in [1.29, 1.82) is 0 Å². The van der Waals surface area contributed by atoms with Crippen LogP contribution in [0.2, 0.25) is 0 Å².